The highest BCUT2D eigenvalue weighted by Gasteiger charge is 2.13. The van der Waals surface area contributed by atoms with Gasteiger partial charge in [0.05, 0.1) is 0 Å². The predicted octanol–water partition coefficient (Wildman–Crippen LogP) is 4.99. The van der Waals surface area contributed by atoms with Crippen molar-refractivity contribution in [1.82, 2.24) is 5.32 Å². The lowest BCUT2D eigenvalue weighted by Crippen LogP contribution is -2.22. The minimum Gasteiger partial charge on any atom is -0.310 e. The molecule has 1 N–H and O–H groups in total. The van der Waals surface area contributed by atoms with Gasteiger partial charge in [0.2, 0.25) is 0 Å². The van der Waals surface area contributed by atoms with Crippen LogP contribution in [-0.2, 0) is 6.42 Å². The van der Waals surface area contributed by atoms with Gasteiger partial charge in [0.1, 0.15) is 0 Å². The highest BCUT2D eigenvalue weighted by atomic mass is 35.5. The Balaban J connectivity index is 2.12. The SMILES string of the molecule is CCNC(CCc1cccs1)c1cc(Cl)ccc1C. The molecule has 3 heteroatoms. The van der Waals surface area contributed by atoms with Gasteiger partial charge in [-0.15, -0.1) is 11.3 Å². The molecule has 0 fully saturated rings. The summed E-state index contributed by atoms with van der Waals surface area (Å²) in [6.07, 6.45) is 2.22. The largest absolute Gasteiger partial charge is 0.310 e. The van der Waals surface area contributed by atoms with Crippen LogP contribution in [-0.4, -0.2) is 6.54 Å². The van der Waals surface area contributed by atoms with Crippen molar-refractivity contribution in [2.24, 2.45) is 0 Å². The number of aryl methyl sites for hydroxylation is 2. The van der Waals surface area contributed by atoms with Crippen LogP contribution in [0.1, 0.15) is 35.4 Å². The van der Waals surface area contributed by atoms with Crippen molar-refractivity contribution in [3.05, 3.63) is 56.7 Å². The molecular weight excluding hydrogens is 274 g/mol. The van der Waals surface area contributed by atoms with Crippen LogP contribution in [0.2, 0.25) is 5.02 Å². The van der Waals surface area contributed by atoms with Crippen LogP contribution >= 0.6 is 22.9 Å². The monoisotopic (exact) mass is 293 g/mol. The van der Waals surface area contributed by atoms with Crippen LogP contribution in [0, 0.1) is 6.92 Å². The molecule has 19 heavy (non-hydrogen) atoms. The topological polar surface area (TPSA) is 12.0 Å². The maximum absolute atomic E-state index is 6.14. The van der Waals surface area contributed by atoms with Crippen LogP contribution in [0.5, 0.6) is 0 Å². The highest BCUT2D eigenvalue weighted by molar-refractivity contribution is 7.09. The molecule has 0 aliphatic rings. The molecule has 102 valence electrons. The zero-order valence-electron chi connectivity index (χ0n) is 11.4. The van der Waals surface area contributed by atoms with Gasteiger partial charge < -0.3 is 5.32 Å². The normalized spacial score (nSPS) is 12.6. The van der Waals surface area contributed by atoms with Gasteiger partial charge in [0, 0.05) is 15.9 Å². The van der Waals surface area contributed by atoms with Crippen molar-refractivity contribution in [2.45, 2.75) is 32.7 Å². The minimum atomic E-state index is 0.380. The summed E-state index contributed by atoms with van der Waals surface area (Å²) in [7, 11) is 0. The smallest absolute Gasteiger partial charge is 0.0409 e. The first-order valence-corrected chi connectivity index (χ1v) is 7.98. The van der Waals surface area contributed by atoms with Crippen molar-refractivity contribution in [3.63, 3.8) is 0 Å². The molecule has 1 atom stereocenters. The van der Waals surface area contributed by atoms with Crippen molar-refractivity contribution in [3.8, 4) is 0 Å². The second kappa shape index (κ2) is 7.09. The van der Waals surface area contributed by atoms with Crippen LogP contribution in [0.3, 0.4) is 0 Å². The first-order valence-electron chi connectivity index (χ1n) is 6.72. The summed E-state index contributed by atoms with van der Waals surface area (Å²) in [5.74, 6) is 0. The number of nitrogens with one attached hydrogen (secondary N) is 1. The van der Waals surface area contributed by atoms with Crippen LogP contribution < -0.4 is 5.32 Å². The predicted molar refractivity (Wildman–Crippen MR) is 85.2 cm³/mol. The van der Waals surface area contributed by atoms with Gasteiger partial charge >= 0.3 is 0 Å². The van der Waals surface area contributed by atoms with E-state index in [1.807, 2.05) is 17.4 Å². The number of benzene rings is 1. The van der Waals surface area contributed by atoms with E-state index in [1.165, 1.54) is 16.0 Å². The van der Waals surface area contributed by atoms with E-state index < -0.39 is 0 Å². The molecule has 1 aromatic carbocycles. The van der Waals surface area contributed by atoms with Crippen molar-refractivity contribution < 1.29 is 0 Å². The van der Waals surface area contributed by atoms with Crippen molar-refractivity contribution >= 4 is 22.9 Å². The standard InChI is InChI=1S/C16H20ClNS/c1-3-18-16(9-8-14-5-4-10-19-14)15-11-13(17)7-6-12(15)2/h4-7,10-11,16,18H,3,8-9H2,1-2H3. The van der Waals surface area contributed by atoms with Gasteiger partial charge in [-0.3, -0.25) is 0 Å². The van der Waals surface area contributed by atoms with Crippen LogP contribution in [0.15, 0.2) is 35.7 Å². The zero-order chi connectivity index (χ0) is 13.7. The van der Waals surface area contributed by atoms with Gasteiger partial charge in [0.25, 0.3) is 0 Å². The summed E-state index contributed by atoms with van der Waals surface area (Å²) in [5.41, 5.74) is 2.63. The summed E-state index contributed by atoms with van der Waals surface area (Å²) < 4.78 is 0. The molecular formula is C16H20ClNS. The number of hydrogen-bond donors (Lipinski definition) is 1. The average Bonchev–Trinajstić information content (AvgIpc) is 2.91. The molecule has 0 amide bonds. The second-order valence-corrected chi connectivity index (χ2v) is 6.20. The Morgan fingerprint density at radius 2 is 2.16 bits per heavy atom. The van der Waals surface area contributed by atoms with Gasteiger partial charge in [0.15, 0.2) is 0 Å². The summed E-state index contributed by atoms with van der Waals surface area (Å²) in [6.45, 7) is 5.28. The van der Waals surface area contributed by atoms with Crippen LogP contribution in [0.25, 0.3) is 0 Å². The Kier molecular flexibility index (Phi) is 5.44. The minimum absolute atomic E-state index is 0.380. The van der Waals surface area contributed by atoms with Crippen LogP contribution in [0.4, 0.5) is 0 Å². The summed E-state index contributed by atoms with van der Waals surface area (Å²) >= 11 is 7.97. The van der Waals surface area contributed by atoms with E-state index in [4.69, 9.17) is 11.6 Å². The highest BCUT2D eigenvalue weighted by Crippen LogP contribution is 2.26. The Bertz CT molecular complexity index is 507. The van der Waals surface area contributed by atoms with E-state index in [0.717, 1.165) is 24.4 Å². The molecule has 2 aromatic rings. The average molecular weight is 294 g/mol. The molecule has 1 nitrogen and oxygen atoms in total. The first kappa shape index (κ1) is 14.6. The third-order valence-electron chi connectivity index (χ3n) is 3.33. The van der Waals surface area contributed by atoms with Gasteiger partial charge in [-0.25, -0.2) is 0 Å². The van der Waals surface area contributed by atoms with E-state index in [2.05, 4.69) is 48.8 Å². The van der Waals surface area contributed by atoms with Gasteiger partial charge in [-0.05, 0) is 61.0 Å². The Morgan fingerprint density at radius 3 is 2.84 bits per heavy atom. The third-order valence-corrected chi connectivity index (χ3v) is 4.50. The van der Waals surface area contributed by atoms with Crippen molar-refractivity contribution in [1.29, 1.82) is 0 Å². The molecule has 0 aliphatic carbocycles. The second-order valence-electron chi connectivity index (χ2n) is 4.73. The summed E-state index contributed by atoms with van der Waals surface area (Å²) in [5, 5.41) is 6.54. The zero-order valence-corrected chi connectivity index (χ0v) is 13.0. The number of thiophene rings is 1. The fraction of sp³-hybridized carbons (Fsp3) is 0.375. The van der Waals surface area contributed by atoms with Gasteiger partial charge in [-0.1, -0.05) is 30.7 Å². The lowest BCUT2D eigenvalue weighted by molar-refractivity contribution is 0.515. The molecule has 0 aliphatic heterocycles. The lowest BCUT2D eigenvalue weighted by atomic mass is 9.97. The number of rotatable bonds is 6. The van der Waals surface area contributed by atoms with Crippen molar-refractivity contribution in [2.75, 3.05) is 6.54 Å². The quantitative estimate of drug-likeness (QED) is 0.791. The Hall–Kier alpha value is -0.830. The third kappa shape index (κ3) is 4.07. The molecule has 0 bridgehead atoms. The molecule has 0 radical (unpaired) electrons. The molecule has 0 saturated carbocycles. The molecule has 0 spiro atoms. The maximum atomic E-state index is 6.14. The van der Waals surface area contributed by atoms with E-state index in [9.17, 15) is 0 Å². The Labute approximate surface area is 124 Å². The lowest BCUT2D eigenvalue weighted by Gasteiger charge is -2.20. The summed E-state index contributed by atoms with van der Waals surface area (Å²) in [4.78, 5) is 1.45. The van der Waals surface area contributed by atoms with E-state index in [-0.39, 0.29) is 0 Å². The van der Waals surface area contributed by atoms with E-state index >= 15 is 0 Å². The van der Waals surface area contributed by atoms with E-state index in [0.29, 0.717) is 6.04 Å². The fourth-order valence-corrected chi connectivity index (χ4v) is 3.25. The first-order chi connectivity index (χ1) is 9.20. The van der Waals surface area contributed by atoms with E-state index in [1.54, 1.807) is 0 Å². The Morgan fingerprint density at radius 1 is 1.32 bits per heavy atom. The molecule has 2 rings (SSSR count). The molecule has 1 unspecified atom stereocenters. The number of hydrogen-bond acceptors (Lipinski definition) is 2. The fourth-order valence-electron chi connectivity index (χ4n) is 2.34. The molecule has 0 saturated heterocycles. The molecule has 1 aromatic heterocycles. The molecule has 1 heterocycles. The van der Waals surface area contributed by atoms with Gasteiger partial charge in [-0.2, -0.15) is 0 Å². The number of halogens is 1. The maximum Gasteiger partial charge on any atom is 0.0409 e. The summed E-state index contributed by atoms with van der Waals surface area (Å²) in [6, 6.07) is 10.9.